The number of carboxylic acid groups (broad SMARTS) is 1. The summed E-state index contributed by atoms with van der Waals surface area (Å²) in [4.78, 5) is 26.4. The van der Waals surface area contributed by atoms with Crippen LogP contribution in [0.3, 0.4) is 0 Å². The van der Waals surface area contributed by atoms with Crippen LogP contribution in [-0.4, -0.2) is 33.3 Å². The lowest BCUT2D eigenvalue weighted by Crippen LogP contribution is -2.23. The molecule has 1 amide bonds. The lowest BCUT2D eigenvalue weighted by molar-refractivity contribution is 0.195. The maximum Gasteiger partial charge on any atom is 0.404 e. The van der Waals surface area contributed by atoms with Gasteiger partial charge in [0.25, 0.3) is 0 Å². The van der Waals surface area contributed by atoms with Crippen LogP contribution in [0.4, 0.5) is 4.79 Å². The molecular formula is C3H8NO5PS. The molecule has 0 radical (unpaired) electrons. The number of hydrogen-bond acceptors (Lipinski definition) is 3. The zero-order valence-electron chi connectivity index (χ0n) is 5.43. The van der Waals surface area contributed by atoms with Crippen molar-refractivity contribution in [3.8, 4) is 0 Å². The van der Waals surface area contributed by atoms with Gasteiger partial charge in [-0.2, -0.15) is 0 Å². The Bertz CT molecular complexity index is 179. The molecule has 0 atom stereocenters. The Morgan fingerprint density at radius 3 is 2.45 bits per heavy atom. The average Bonchev–Trinajstić information content (AvgIpc) is 1.78. The van der Waals surface area contributed by atoms with Crippen molar-refractivity contribution in [2.75, 3.05) is 12.3 Å². The third kappa shape index (κ3) is 9.77. The molecule has 0 aliphatic heterocycles. The fourth-order valence-electron chi connectivity index (χ4n) is 0.323. The van der Waals surface area contributed by atoms with Gasteiger partial charge >= 0.3 is 12.9 Å². The molecule has 0 rings (SSSR count). The van der Waals surface area contributed by atoms with Crippen molar-refractivity contribution in [3.63, 3.8) is 0 Å². The van der Waals surface area contributed by atoms with Crippen molar-refractivity contribution in [1.29, 1.82) is 0 Å². The number of carbonyl (C=O) groups is 1. The van der Waals surface area contributed by atoms with Crippen LogP contribution in [0.15, 0.2) is 0 Å². The summed E-state index contributed by atoms with van der Waals surface area (Å²) in [6, 6.07) is 0. The first kappa shape index (κ1) is 10.8. The first-order valence-corrected chi connectivity index (χ1v) is 5.79. The quantitative estimate of drug-likeness (QED) is 0.379. The highest BCUT2D eigenvalue weighted by atomic mass is 32.7. The zero-order valence-corrected chi connectivity index (χ0v) is 7.14. The molecule has 0 aliphatic rings. The van der Waals surface area contributed by atoms with Gasteiger partial charge in [-0.05, 0) is 11.4 Å². The fraction of sp³-hybridized carbons (Fsp3) is 0.667. The van der Waals surface area contributed by atoms with Crippen LogP contribution in [0, 0.1) is 0 Å². The van der Waals surface area contributed by atoms with E-state index < -0.39 is 12.9 Å². The average molecular weight is 201 g/mol. The lowest BCUT2D eigenvalue weighted by atomic mass is 10.7. The first-order chi connectivity index (χ1) is 4.92. The van der Waals surface area contributed by atoms with Crippen molar-refractivity contribution in [2.45, 2.75) is 0 Å². The van der Waals surface area contributed by atoms with Crippen molar-refractivity contribution in [3.05, 3.63) is 0 Å². The summed E-state index contributed by atoms with van der Waals surface area (Å²) in [6.45, 7) is -4.01. The summed E-state index contributed by atoms with van der Waals surface area (Å²) in [5, 5.41) is 10.00. The molecule has 0 aromatic heterocycles. The Morgan fingerprint density at radius 1 is 1.55 bits per heavy atom. The Hall–Kier alpha value is -0.230. The molecule has 0 unspecified atom stereocenters. The molecule has 0 heterocycles. The number of nitrogens with one attached hydrogen (secondary N) is 1. The van der Waals surface area contributed by atoms with Crippen molar-refractivity contribution >= 4 is 24.3 Å². The van der Waals surface area contributed by atoms with Gasteiger partial charge in [0.05, 0.1) is 0 Å². The van der Waals surface area contributed by atoms with Gasteiger partial charge in [0.1, 0.15) is 0 Å². The summed E-state index contributed by atoms with van der Waals surface area (Å²) < 4.78 is 10.2. The molecule has 0 bridgehead atoms. The van der Waals surface area contributed by atoms with E-state index >= 15 is 0 Å². The number of hydrogen-bond donors (Lipinski definition) is 4. The van der Waals surface area contributed by atoms with Gasteiger partial charge in [-0.1, -0.05) is 0 Å². The molecule has 0 spiro atoms. The van der Waals surface area contributed by atoms with E-state index in [9.17, 15) is 9.36 Å². The van der Waals surface area contributed by atoms with E-state index in [2.05, 4.69) is 0 Å². The van der Waals surface area contributed by atoms with Crippen LogP contribution < -0.4 is 5.32 Å². The van der Waals surface area contributed by atoms with E-state index in [0.717, 1.165) is 0 Å². The molecule has 66 valence electrons. The highest BCUT2D eigenvalue weighted by Crippen LogP contribution is 2.49. The van der Waals surface area contributed by atoms with Crippen molar-refractivity contribution in [2.24, 2.45) is 0 Å². The smallest absolute Gasteiger partial charge is 0.404 e. The third-order valence-corrected chi connectivity index (χ3v) is 2.92. The topological polar surface area (TPSA) is 107 Å². The molecule has 6 nitrogen and oxygen atoms in total. The second-order valence-corrected chi connectivity index (χ2v) is 5.40. The summed E-state index contributed by atoms with van der Waals surface area (Å²) >= 11 is 0.416. The number of rotatable bonds is 4. The molecule has 0 saturated heterocycles. The Morgan fingerprint density at radius 2 is 2.09 bits per heavy atom. The molecule has 0 aromatic rings. The largest absolute Gasteiger partial charge is 0.465 e. The van der Waals surface area contributed by atoms with Crippen LogP contribution in [-0.2, 0) is 4.57 Å². The summed E-state index contributed by atoms with van der Waals surface area (Å²) in [6.07, 6.45) is -1.20. The Labute approximate surface area is 66.9 Å². The fourth-order valence-corrected chi connectivity index (χ4v) is 1.74. The Balaban J connectivity index is 3.29. The van der Waals surface area contributed by atoms with Crippen molar-refractivity contribution in [1.82, 2.24) is 5.32 Å². The lowest BCUT2D eigenvalue weighted by Gasteiger charge is -2.01. The molecule has 4 N–H and O–H groups in total. The molecule has 11 heavy (non-hydrogen) atoms. The predicted molar refractivity (Wildman–Crippen MR) is 40.5 cm³/mol. The van der Waals surface area contributed by atoms with Gasteiger partial charge in [0.15, 0.2) is 0 Å². The molecular weight excluding hydrogens is 193 g/mol. The SMILES string of the molecule is O=C(O)NCCSP(=O)(O)O. The molecule has 0 fully saturated rings. The van der Waals surface area contributed by atoms with Crippen LogP contribution in [0.5, 0.6) is 0 Å². The molecule has 0 saturated carbocycles. The van der Waals surface area contributed by atoms with Crippen LogP contribution in [0.1, 0.15) is 0 Å². The minimum atomic E-state index is -4.04. The van der Waals surface area contributed by atoms with E-state index in [-0.39, 0.29) is 12.3 Å². The summed E-state index contributed by atoms with van der Waals surface area (Å²) in [5.41, 5.74) is 0. The highest BCUT2D eigenvalue weighted by molar-refractivity contribution is 8.54. The molecule has 0 aromatic carbocycles. The second kappa shape index (κ2) is 4.61. The van der Waals surface area contributed by atoms with Gasteiger partial charge < -0.3 is 20.2 Å². The minimum Gasteiger partial charge on any atom is -0.465 e. The van der Waals surface area contributed by atoms with Crippen LogP contribution >= 0.6 is 18.2 Å². The number of amides is 1. The minimum absolute atomic E-state index is 0.0328. The van der Waals surface area contributed by atoms with Gasteiger partial charge in [0.2, 0.25) is 0 Å². The summed E-state index contributed by atoms with van der Waals surface area (Å²) in [7, 11) is 0. The van der Waals surface area contributed by atoms with Gasteiger partial charge in [-0.25, -0.2) is 9.36 Å². The maximum atomic E-state index is 10.2. The van der Waals surface area contributed by atoms with E-state index in [1.807, 2.05) is 5.32 Å². The van der Waals surface area contributed by atoms with E-state index in [0.29, 0.717) is 11.4 Å². The van der Waals surface area contributed by atoms with E-state index in [4.69, 9.17) is 14.9 Å². The van der Waals surface area contributed by atoms with Crippen LogP contribution in [0.25, 0.3) is 0 Å². The predicted octanol–water partition coefficient (Wildman–Crippen LogP) is 0.0799. The van der Waals surface area contributed by atoms with Gasteiger partial charge in [-0.15, -0.1) is 0 Å². The summed E-state index contributed by atoms with van der Waals surface area (Å²) in [5.74, 6) is 0.0660. The third-order valence-electron chi connectivity index (χ3n) is 0.638. The zero-order chi connectivity index (χ0) is 8.91. The first-order valence-electron chi connectivity index (χ1n) is 2.59. The van der Waals surface area contributed by atoms with Gasteiger partial charge in [-0.3, -0.25) is 0 Å². The maximum absolute atomic E-state index is 10.2. The Kier molecular flexibility index (Phi) is 4.51. The normalized spacial score (nSPS) is 11.1. The monoisotopic (exact) mass is 201 g/mol. The standard InChI is InChI=1S/C3H8NO5PS/c5-3(6)4-1-2-11-10(7,8)9/h4H,1-2H2,(H,5,6)(H2,7,8,9). The highest BCUT2D eigenvalue weighted by Gasteiger charge is 2.12. The van der Waals surface area contributed by atoms with E-state index in [1.165, 1.54) is 0 Å². The van der Waals surface area contributed by atoms with Gasteiger partial charge in [0, 0.05) is 12.3 Å². The molecule has 0 aliphatic carbocycles. The van der Waals surface area contributed by atoms with E-state index in [1.54, 1.807) is 0 Å². The molecule has 8 heteroatoms. The van der Waals surface area contributed by atoms with Crippen LogP contribution in [0.2, 0.25) is 0 Å². The second-order valence-electron chi connectivity index (χ2n) is 1.56. The van der Waals surface area contributed by atoms with Crippen molar-refractivity contribution < 1.29 is 24.3 Å².